The van der Waals surface area contributed by atoms with E-state index in [0.29, 0.717) is 18.0 Å². The van der Waals surface area contributed by atoms with Crippen LogP contribution in [-0.4, -0.2) is 25.4 Å². The molecule has 148 valence electrons. The van der Waals surface area contributed by atoms with Gasteiger partial charge in [0.2, 0.25) is 15.7 Å². The fourth-order valence-electron chi connectivity index (χ4n) is 3.22. The minimum Gasteiger partial charge on any atom is -0.373 e. The van der Waals surface area contributed by atoms with Gasteiger partial charge >= 0.3 is 0 Å². The van der Waals surface area contributed by atoms with E-state index in [1.807, 2.05) is 6.07 Å². The molecule has 0 aliphatic carbocycles. The molecule has 0 spiro atoms. The molecule has 29 heavy (non-hydrogen) atoms. The van der Waals surface area contributed by atoms with Crippen molar-refractivity contribution in [2.24, 2.45) is 0 Å². The summed E-state index contributed by atoms with van der Waals surface area (Å²) in [4.78, 5) is 16.8. The third kappa shape index (κ3) is 4.11. The van der Waals surface area contributed by atoms with Gasteiger partial charge in [0.15, 0.2) is 0 Å². The lowest BCUT2D eigenvalue weighted by Gasteiger charge is -2.12. The SMILES string of the molecule is O=C(NCc1ccc(S(=O)(=O)c2cccc(Cl)c2)cc1)C1Cc2cnccc2N1. The molecule has 6 nitrogen and oxygen atoms in total. The predicted molar refractivity (Wildman–Crippen MR) is 111 cm³/mol. The van der Waals surface area contributed by atoms with E-state index < -0.39 is 9.84 Å². The molecular formula is C21H18ClN3O3S. The number of carbonyl (C=O) groups is 1. The van der Waals surface area contributed by atoms with Crippen molar-refractivity contribution in [1.82, 2.24) is 10.3 Å². The first kappa shape index (κ1) is 19.4. The van der Waals surface area contributed by atoms with Crippen LogP contribution in [-0.2, 0) is 27.6 Å². The summed E-state index contributed by atoms with van der Waals surface area (Å²) in [6.07, 6.45) is 4.03. The molecule has 4 rings (SSSR count). The lowest BCUT2D eigenvalue weighted by atomic mass is 10.1. The van der Waals surface area contributed by atoms with Crippen LogP contribution < -0.4 is 10.6 Å². The fraction of sp³-hybridized carbons (Fsp3) is 0.143. The van der Waals surface area contributed by atoms with Gasteiger partial charge in [0, 0.05) is 36.1 Å². The van der Waals surface area contributed by atoms with Crippen LogP contribution in [0.1, 0.15) is 11.1 Å². The first-order chi connectivity index (χ1) is 13.9. The van der Waals surface area contributed by atoms with E-state index in [0.717, 1.165) is 16.8 Å². The normalized spacial score (nSPS) is 15.4. The second-order valence-electron chi connectivity index (χ2n) is 6.76. The van der Waals surface area contributed by atoms with Gasteiger partial charge in [-0.05, 0) is 47.5 Å². The van der Waals surface area contributed by atoms with Gasteiger partial charge in [-0.15, -0.1) is 0 Å². The first-order valence-electron chi connectivity index (χ1n) is 9.00. The highest BCUT2D eigenvalue weighted by atomic mass is 35.5. The largest absolute Gasteiger partial charge is 0.373 e. The van der Waals surface area contributed by atoms with Crippen molar-refractivity contribution in [3.05, 3.63) is 83.1 Å². The van der Waals surface area contributed by atoms with E-state index in [2.05, 4.69) is 15.6 Å². The summed E-state index contributed by atoms with van der Waals surface area (Å²) >= 11 is 5.90. The molecule has 0 saturated carbocycles. The van der Waals surface area contributed by atoms with Gasteiger partial charge in [0.25, 0.3) is 0 Å². The van der Waals surface area contributed by atoms with Crippen molar-refractivity contribution in [3.8, 4) is 0 Å². The molecule has 0 fully saturated rings. The van der Waals surface area contributed by atoms with Gasteiger partial charge in [-0.2, -0.15) is 0 Å². The van der Waals surface area contributed by atoms with Gasteiger partial charge in [-0.25, -0.2) is 8.42 Å². The summed E-state index contributed by atoms with van der Waals surface area (Å²) in [7, 11) is -3.64. The van der Waals surface area contributed by atoms with Gasteiger partial charge in [-0.3, -0.25) is 9.78 Å². The van der Waals surface area contributed by atoms with E-state index in [9.17, 15) is 13.2 Å². The Morgan fingerprint density at radius 1 is 1.14 bits per heavy atom. The monoisotopic (exact) mass is 427 g/mol. The van der Waals surface area contributed by atoms with Crippen LogP contribution in [0.25, 0.3) is 0 Å². The number of pyridine rings is 1. The lowest BCUT2D eigenvalue weighted by Crippen LogP contribution is -2.38. The van der Waals surface area contributed by atoms with Crippen LogP contribution in [0.5, 0.6) is 0 Å². The highest BCUT2D eigenvalue weighted by Gasteiger charge is 2.26. The Kier molecular flexibility index (Phi) is 5.25. The van der Waals surface area contributed by atoms with E-state index in [1.165, 1.54) is 24.3 Å². The fourth-order valence-corrected chi connectivity index (χ4v) is 4.78. The molecule has 0 radical (unpaired) electrons. The summed E-state index contributed by atoms with van der Waals surface area (Å²) in [5.41, 5.74) is 2.75. The average molecular weight is 428 g/mol. The summed E-state index contributed by atoms with van der Waals surface area (Å²) in [5, 5.41) is 6.43. The molecular weight excluding hydrogens is 410 g/mol. The third-order valence-corrected chi connectivity index (χ3v) is 6.78. The number of nitrogens with zero attached hydrogens (tertiary/aromatic N) is 1. The molecule has 0 bridgehead atoms. The van der Waals surface area contributed by atoms with Crippen LogP contribution in [0.3, 0.4) is 0 Å². The van der Waals surface area contributed by atoms with Crippen LogP contribution in [0.15, 0.2) is 76.8 Å². The Hall–Kier alpha value is -2.90. The second kappa shape index (κ2) is 7.85. The Bertz CT molecular complexity index is 1140. The maximum Gasteiger partial charge on any atom is 0.243 e. The molecule has 1 unspecified atom stereocenters. The quantitative estimate of drug-likeness (QED) is 0.652. The number of nitrogens with one attached hydrogen (secondary N) is 2. The van der Waals surface area contributed by atoms with Crippen molar-refractivity contribution in [2.45, 2.75) is 28.8 Å². The zero-order valence-corrected chi connectivity index (χ0v) is 16.9. The third-order valence-electron chi connectivity index (χ3n) is 4.78. The molecule has 1 aromatic heterocycles. The number of hydrogen-bond acceptors (Lipinski definition) is 5. The Morgan fingerprint density at radius 3 is 2.66 bits per heavy atom. The Balaban J connectivity index is 1.39. The average Bonchev–Trinajstić information content (AvgIpc) is 3.17. The minimum atomic E-state index is -3.64. The van der Waals surface area contributed by atoms with Crippen molar-refractivity contribution < 1.29 is 13.2 Å². The van der Waals surface area contributed by atoms with E-state index in [-0.39, 0.29) is 21.7 Å². The van der Waals surface area contributed by atoms with Gasteiger partial charge in [0.1, 0.15) is 6.04 Å². The minimum absolute atomic E-state index is 0.114. The molecule has 1 amide bonds. The molecule has 8 heteroatoms. The van der Waals surface area contributed by atoms with E-state index in [4.69, 9.17) is 11.6 Å². The van der Waals surface area contributed by atoms with Crippen molar-refractivity contribution in [3.63, 3.8) is 0 Å². The standard InChI is InChI=1S/C21H18ClN3O3S/c22-16-2-1-3-18(11-16)29(27,28)17-6-4-14(5-7-17)12-24-21(26)20-10-15-13-23-9-8-19(15)25-20/h1-9,11,13,20,25H,10,12H2,(H,24,26). The predicted octanol–water partition coefficient (Wildman–Crippen LogP) is 3.22. The summed E-state index contributed by atoms with van der Waals surface area (Å²) in [5.74, 6) is -0.114. The van der Waals surface area contributed by atoms with Gasteiger partial charge in [-0.1, -0.05) is 29.8 Å². The molecule has 1 atom stereocenters. The highest BCUT2D eigenvalue weighted by molar-refractivity contribution is 7.91. The Labute approximate surface area is 173 Å². The molecule has 2 aromatic carbocycles. The molecule has 2 N–H and O–H groups in total. The summed E-state index contributed by atoms with van der Waals surface area (Å²) in [6, 6.07) is 14.1. The smallest absolute Gasteiger partial charge is 0.243 e. The van der Waals surface area contributed by atoms with Gasteiger partial charge in [0.05, 0.1) is 9.79 Å². The number of hydrogen-bond donors (Lipinski definition) is 2. The van der Waals surface area contributed by atoms with Crippen LogP contribution in [0, 0.1) is 0 Å². The zero-order valence-electron chi connectivity index (χ0n) is 15.3. The summed E-state index contributed by atoms with van der Waals surface area (Å²) in [6.45, 7) is 0.309. The number of amides is 1. The number of carbonyl (C=O) groups excluding carboxylic acids is 1. The zero-order chi connectivity index (χ0) is 20.4. The topological polar surface area (TPSA) is 88.2 Å². The number of fused-ring (bicyclic) bond motifs is 1. The number of rotatable bonds is 5. The van der Waals surface area contributed by atoms with Crippen molar-refractivity contribution in [2.75, 3.05) is 5.32 Å². The summed E-state index contributed by atoms with van der Waals surface area (Å²) < 4.78 is 25.4. The Morgan fingerprint density at radius 2 is 1.93 bits per heavy atom. The number of aromatic nitrogens is 1. The number of halogens is 1. The number of anilines is 1. The van der Waals surface area contributed by atoms with Gasteiger partial charge < -0.3 is 10.6 Å². The maximum absolute atomic E-state index is 12.7. The number of benzene rings is 2. The highest BCUT2D eigenvalue weighted by Crippen LogP contribution is 2.25. The molecule has 0 saturated heterocycles. The van der Waals surface area contributed by atoms with Crippen molar-refractivity contribution >= 4 is 33.0 Å². The van der Waals surface area contributed by atoms with E-state index >= 15 is 0 Å². The van der Waals surface area contributed by atoms with Crippen LogP contribution in [0.2, 0.25) is 5.02 Å². The first-order valence-corrected chi connectivity index (χ1v) is 10.9. The maximum atomic E-state index is 12.7. The van der Waals surface area contributed by atoms with E-state index in [1.54, 1.807) is 36.7 Å². The molecule has 1 aliphatic heterocycles. The lowest BCUT2D eigenvalue weighted by molar-refractivity contribution is -0.121. The molecule has 3 aromatic rings. The second-order valence-corrected chi connectivity index (χ2v) is 9.14. The van der Waals surface area contributed by atoms with Crippen LogP contribution >= 0.6 is 11.6 Å². The van der Waals surface area contributed by atoms with Crippen LogP contribution in [0.4, 0.5) is 5.69 Å². The molecule has 2 heterocycles. The van der Waals surface area contributed by atoms with Crippen molar-refractivity contribution in [1.29, 1.82) is 0 Å². The number of sulfone groups is 1. The molecule has 1 aliphatic rings.